The molecule has 77 heavy (non-hydrogen) atoms. The first-order chi connectivity index (χ1) is 35.8. The number of para-hydroxylation sites is 4. The molecule has 4 nitrogen and oxygen atoms in total. The van der Waals surface area contributed by atoms with Crippen LogP contribution in [0.5, 0.6) is 23.0 Å². The maximum absolute atomic E-state index is 10.1. The van der Waals surface area contributed by atoms with E-state index in [4.69, 9.17) is 0 Å². The minimum Gasteiger partial charge on any atom is -0.508 e. The Kier molecular flexibility index (Phi) is 22.4. The summed E-state index contributed by atoms with van der Waals surface area (Å²) in [7, 11) is 0. The van der Waals surface area contributed by atoms with Gasteiger partial charge in [-0.25, -0.2) is 0 Å². The van der Waals surface area contributed by atoms with Gasteiger partial charge in [-0.2, -0.15) is 0 Å². The third-order valence-corrected chi connectivity index (χ3v) is 15.3. The zero-order chi connectivity index (χ0) is 56.2. The van der Waals surface area contributed by atoms with Crippen molar-refractivity contribution in [1.29, 1.82) is 0 Å². The monoisotopic (exact) mass is 1060 g/mol. The number of aromatic hydroxyl groups is 4. The van der Waals surface area contributed by atoms with Crippen molar-refractivity contribution in [2.24, 2.45) is 0 Å². The number of hydrogen-bond donors (Lipinski definition) is 4. The average Bonchev–Trinajstić information content (AvgIpc) is 3.39. The van der Waals surface area contributed by atoms with E-state index in [2.05, 4.69) is 208 Å². The Morgan fingerprint density at radius 1 is 0.221 bits per heavy atom. The van der Waals surface area contributed by atoms with E-state index in [0.29, 0.717) is 46.7 Å². The molecule has 0 saturated heterocycles. The minimum absolute atomic E-state index is 0. The van der Waals surface area contributed by atoms with Crippen molar-refractivity contribution in [3.63, 3.8) is 0 Å². The summed E-state index contributed by atoms with van der Waals surface area (Å²) in [5, 5.41) is 40.5. The summed E-state index contributed by atoms with van der Waals surface area (Å²) in [4.78, 5) is 0. The van der Waals surface area contributed by atoms with Crippen LogP contribution >= 0.6 is 0 Å². The Bertz CT molecular complexity index is 2700. The first-order valence-electron chi connectivity index (χ1n) is 27.3. The maximum Gasteiger partial charge on any atom is 0.119 e. The second-order valence-electron chi connectivity index (χ2n) is 23.5. The molecule has 5 heteroatoms. The molecule has 0 aliphatic rings. The normalized spacial score (nSPS) is 11.7. The Labute approximate surface area is 479 Å². The van der Waals surface area contributed by atoms with E-state index in [-0.39, 0.29) is 43.4 Å². The Balaban J connectivity index is 0.000000221. The van der Waals surface area contributed by atoms with Gasteiger partial charge in [0.15, 0.2) is 0 Å². The molecule has 0 unspecified atom stereocenters. The first kappa shape index (κ1) is 63.2. The standard InChI is InChI=1S/4C18H22O.Ti/c4*1-13(2)14-9-5-6-10-15(14)18(3,4)16-11-7-8-12-17(16)19;/h4*5-13,19H,1-4H3;. The summed E-state index contributed by atoms with van der Waals surface area (Å²) in [5.41, 5.74) is 13.6. The van der Waals surface area contributed by atoms with E-state index < -0.39 is 0 Å². The molecule has 0 radical (unpaired) electrons. The van der Waals surface area contributed by atoms with Crippen molar-refractivity contribution in [2.75, 3.05) is 0 Å². The van der Waals surface area contributed by atoms with Gasteiger partial charge in [0, 0.05) is 65.6 Å². The summed E-state index contributed by atoms with van der Waals surface area (Å²) in [6.07, 6.45) is 0. The zero-order valence-electron chi connectivity index (χ0n) is 49.1. The Morgan fingerprint density at radius 3 is 0.494 bits per heavy atom. The molecular formula is C72H88O4Ti. The summed E-state index contributed by atoms with van der Waals surface area (Å²) < 4.78 is 0. The van der Waals surface area contributed by atoms with E-state index in [1.54, 1.807) is 24.3 Å². The number of hydrogen-bond acceptors (Lipinski definition) is 4. The summed E-state index contributed by atoms with van der Waals surface area (Å²) in [6.45, 7) is 35.0. The smallest absolute Gasteiger partial charge is 0.119 e. The zero-order valence-corrected chi connectivity index (χ0v) is 50.6. The largest absolute Gasteiger partial charge is 0.508 e. The van der Waals surface area contributed by atoms with Crippen molar-refractivity contribution >= 4 is 0 Å². The molecule has 0 bridgehead atoms. The topological polar surface area (TPSA) is 80.9 Å². The van der Waals surface area contributed by atoms with Gasteiger partial charge >= 0.3 is 0 Å². The van der Waals surface area contributed by atoms with Gasteiger partial charge in [-0.15, -0.1) is 0 Å². The molecule has 0 aliphatic carbocycles. The molecule has 0 heterocycles. The van der Waals surface area contributed by atoms with Gasteiger partial charge < -0.3 is 20.4 Å². The van der Waals surface area contributed by atoms with Crippen LogP contribution in [0.3, 0.4) is 0 Å². The number of phenols is 4. The van der Waals surface area contributed by atoms with Crippen LogP contribution in [0, 0.1) is 0 Å². The number of rotatable bonds is 12. The van der Waals surface area contributed by atoms with Crippen LogP contribution < -0.4 is 0 Å². The minimum atomic E-state index is -0.202. The van der Waals surface area contributed by atoms with Gasteiger partial charge in [0.2, 0.25) is 0 Å². The molecular weight excluding hydrogens is 977 g/mol. The van der Waals surface area contributed by atoms with E-state index in [0.717, 1.165) is 22.3 Å². The molecule has 8 aromatic rings. The van der Waals surface area contributed by atoms with Crippen molar-refractivity contribution in [2.45, 2.75) is 156 Å². The van der Waals surface area contributed by atoms with Gasteiger partial charge in [0.05, 0.1) is 0 Å². The molecule has 0 saturated carbocycles. The SMILES string of the molecule is CC(C)c1ccccc1C(C)(C)c1ccccc1O.CC(C)c1ccccc1C(C)(C)c1ccccc1O.CC(C)c1ccccc1C(C)(C)c1ccccc1O.CC(C)c1ccccc1C(C)(C)c1ccccc1O.[Ti]. The second-order valence-corrected chi connectivity index (χ2v) is 23.5. The second kappa shape index (κ2) is 27.3. The molecule has 0 spiro atoms. The van der Waals surface area contributed by atoms with Crippen LogP contribution in [-0.2, 0) is 43.4 Å². The van der Waals surface area contributed by atoms with Crippen LogP contribution in [0.25, 0.3) is 0 Å². The molecule has 0 atom stereocenters. The van der Waals surface area contributed by atoms with E-state index in [1.807, 2.05) is 72.8 Å². The van der Waals surface area contributed by atoms with Crippen LogP contribution in [0.1, 0.15) is 201 Å². The molecule has 404 valence electrons. The fourth-order valence-electron chi connectivity index (χ4n) is 10.9. The van der Waals surface area contributed by atoms with Crippen LogP contribution in [-0.4, -0.2) is 20.4 Å². The van der Waals surface area contributed by atoms with E-state index in [9.17, 15) is 20.4 Å². The Morgan fingerprint density at radius 2 is 0.351 bits per heavy atom. The quantitative estimate of drug-likeness (QED) is 0.0919. The van der Waals surface area contributed by atoms with Crippen LogP contribution in [0.2, 0.25) is 0 Å². The number of benzene rings is 8. The molecule has 0 aliphatic heterocycles. The van der Waals surface area contributed by atoms with E-state index in [1.165, 1.54) is 44.5 Å². The van der Waals surface area contributed by atoms with Gasteiger partial charge in [-0.1, -0.05) is 281 Å². The third kappa shape index (κ3) is 15.0. The molecule has 0 aromatic heterocycles. The molecule has 0 fully saturated rings. The number of phenolic OH excluding ortho intramolecular Hbond substituents is 4. The maximum atomic E-state index is 10.1. The summed E-state index contributed by atoms with van der Waals surface area (Å²) in [6, 6.07) is 64.5. The average molecular weight is 1070 g/mol. The molecule has 0 amide bonds. The van der Waals surface area contributed by atoms with Crippen molar-refractivity contribution in [1.82, 2.24) is 0 Å². The van der Waals surface area contributed by atoms with Crippen molar-refractivity contribution < 1.29 is 42.1 Å². The van der Waals surface area contributed by atoms with Crippen LogP contribution in [0.4, 0.5) is 0 Å². The molecule has 4 N–H and O–H groups in total. The van der Waals surface area contributed by atoms with Gasteiger partial charge in [-0.3, -0.25) is 0 Å². The Hall–Kier alpha value is -6.33. The van der Waals surface area contributed by atoms with Gasteiger partial charge in [0.25, 0.3) is 0 Å². The molecule has 8 rings (SSSR count). The third-order valence-electron chi connectivity index (χ3n) is 15.3. The van der Waals surface area contributed by atoms with Crippen LogP contribution in [0.15, 0.2) is 194 Å². The predicted octanol–water partition coefficient (Wildman–Crippen LogP) is 19.4. The van der Waals surface area contributed by atoms with Crippen molar-refractivity contribution in [3.8, 4) is 23.0 Å². The molecule has 8 aromatic carbocycles. The summed E-state index contributed by atoms with van der Waals surface area (Å²) >= 11 is 0. The van der Waals surface area contributed by atoms with Gasteiger partial charge in [0.1, 0.15) is 23.0 Å². The van der Waals surface area contributed by atoms with Crippen molar-refractivity contribution in [3.05, 3.63) is 261 Å². The first-order valence-corrected chi connectivity index (χ1v) is 27.3. The predicted molar refractivity (Wildman–Crippen MR) is 323 cm³/mol. The fourth-order valence-corrected chi connectivity index (χ4v) is 10.9. The van der Waals surface area contributed by atoms with Gasteiger partial charge in [-0.05, 0) is 92.4 Å². The fraction of sp³-hybridized carbons (Fsp3) is 0.333. The summed E-state index contributed by atoms with van der Waals surface area (Å²) in [5.74, 6) is 3.36. The van der Waals surface area contributed by atoms with E-state index >= 15 is 0 Å².